The minimum Gasteiger partial charge on any atom is -0.494 e. The van der Waals surface area contributed by atoms with Crippen molar-refractivity contribution in [2.24, 2.45) is 5.73 Å². The Balaban J connectivity index is 1.80. The number of hydrogen-bond donors (Lipinski definition) is 2. The third kappa shape index (κ3) is 3.08. The normalized spacial score (nSPS) is 15.5. The summed E-state index contributed by atoms with van der Waals surface area (Å²) in [5.41, 5.74) is 9.88. The monoisotopic (exact) mass is 372 g/mol. The van der Waals surface area contributed by atoms with Gasteiger partial charge < -0.3 is 15.2 Å². The van der Waals surface area contributed by atoms with Gasteiger partial charge >= 0.3 is 0 Å². The molecule has 1 aliphatic rings. The number of aromatic nitrogens is 2. The van der Waals surface area contributed by atoms with Gasteiger partial charge in [0, 0.05) is 5.56 Å². The van der Waals surface area contributed by atoms with E-state index < -0.39 is 0 Å². The predicted octanol–water partition coefficient (Wildman–Crippen LogP) is 4.08. The highest BCUT2D eigenvalue weighted by molar-refractivity contribution is 5.71. The summed E-state index contributed by atoms with van der Waals surface area (Å²) in [6, 6.07) is 19.8. The van der Waals surface area contributed by atoms with E-state index >= 15 is 0 Å². The largest absolute Gasteiger partial charge is 0.494 e. The van der Waals surface area contributed by atoms with E-state index in [-0.39, 0.29) is 11.8 Å². The fourth-order valence-electron chi connectivity index (χ4n) is 3.38. The number of allylic oxidation sites excluding steroid dienone is 1. The Hall–Kier alpha value is -3.72. The zero-order valence-corrected chi connectivity index (χ0v) is 15.5. The van der Waals surface area contributed by atoms with Crippen molar-refractivity contribution in [2.75, 3.05) is 6.61 Å². The first-order valence-electron chi connectivity index (χ1n) is 9.17. The molecule has 0 spiro atoms. The summed E-state index contributed by atoms with van der Waals surface area (Å²) >= 11 is 0. The Morgan fingerprint density at radius 3 is 2.61 bits per heavy atom. The zero-order valence-electron chi connectivity index (χ0n) is 15.5. The molecule has 0 amide bonds. The number of nitrogens with two attached hydrogens (primary N) is 1. The second-order valence-electron chi connectivity index (χ2n) is 6.53. The van der Waals surface area contributed by atoms with E-state index in [1.807, 2.05) is 54.6 Å². The highest BCUT2D eigenvalue weighted by Crippen LogP contribution is 2.45. The fourth-order valence-corrected chi connectivity index (χ4v) is 3.38. The van der Waals surface area contributed by atoms with E-state index in [2.05, 4.69) is 23.2 Å². The maximum Gasteiger partial charge on any atom is 0.244 e. The molecule has 0 radical (unpaired) electrons. The van der Waals surface area contributed by atoms with Crippen molar-refractivity contribution in [3.05, 3.63) is 77.2 Å². The summed E-state index contributed by atoms with van der Waals surface area (Å²) in [4.78, 5) is 0. The maximum atomic E-state index is 9.72. The lowest BCUT2D eigenvalue weighted by atomic mass is 9.83. The SMILES string of the molecule is CCCOc1ccc(-c2[nH]nc3c2C(c2ccccc2)C(C#N)=C(N)O3)cc1. The Labute approximate surface area is 163 Å². The molecule has 6 heteroatoms. The quantitative estimate of drug-likeness (QED) is 0.703. The van der Waals surface area contributed by atoms with Gasteiger partial charge in [-0.25, -0.2) is 0 Å². The van der Waals surface area contributed by atoms with Gasteiger partial charge in [-0.3, -0.25) is 5.10 Å². The highest BCUT2D eigenvalue weighted by Gasteiger charge is 2.35. The first-order valence-corrected chi connectivity index (χ1v) is 9.17. The van der Waals surface area contributed by atoms with Gasteiger partial charge in [0.05, 0.1) is 23.8 Å². The Morgan fingerprint density at radius 2 is 1.93 bits per heavy atom. The van der Waals surface area contributed by atoms with Crippen LogP contribution in [-0.4, -0.2) is 16.8 Å². The van der Waals surface area contributed by atoms with Crippen LogP contribution in [0.3, 0.4) is 0 Å². The summed E-state index contributed by atoms with van der Waals surface area (Å²) in [5.74, 6) is 0.952. The van der Waals surface area contributed by atoms with Crippen LogP contribution in [0.15, 0.2) is 66.1 Å². The molecule has 0 bridgehead atoms. The molecule has 2 aromatic carbocycles. The second kappa shape index (κ2) is 7.49. The molecule has 1 unspecified atom stereocenters. The Kier molecular flexibility index (Phi) is 4.73. The first-order chi connectivity index (χ1) is 13.7. The molecule has 0 saturated heterocycles. The van der Waals surface area contributed by atoms with Crippen molar-refractivity contribution in [2.45, 2.75) is 19.3 Å². The molecule has 3 N–H and O–H groups in total. The number of benzene rings is 2. The van der Waals surface area contributed by atoms with Crippen molar-refractivity contribution in [1.29, 1.82) is 5.26 Å². The Morgan fingerprint density at radius 1 is 1.18 bits per heavy atom. The molecule has 140 valence electrons. The van der Waals surface area contributed by atoms with Gasteiger partial charge in [0.2, 0.25) is 11.8 Å². The van der Waals surface area contributed by atoms with Crippen LogP contribution in [0.25, 0.3) is 11.3 Å². The second-order valence-corrected chi connectivity index (χ2v) is 6.53. The number of H-pyrrole nitrogens is 1. The predicted molar refractivity (Wildman–Crippen MR) is 106 cm³/mol. The van der Waals surface area contributed by atoms with E-state index in [1.54, 1.807) is 0 Å². The van der Waals surface area contributed by atoms with Crippen LogP contribution in [0.5, 0.6) is 11.6 Å². The van der Waals surface area contributed by atoms with E-state index in [0.29, 0.717) is 18.1 Å². The molecule has 1 aliphatic heterocycles. The number of nitriles is 1. The highest BCUT2D eigenvalue weighted by atomic mass is 16.5. The zero-order chi connectivity index (χ0) is 19.5. The average Bonchev–Trinajstić information content (AvgIpc) is 3.15. The van der Waals surface area contributed by atoms with Gasteiger partial charge in [-0.2, -0.15) is 5.26 Å². The minimum atomic E-state index is -0.347. The smallest absolute Gasteiger partial charge is 0.244 e. The molecular formula is C22H20N4O2. The fraction of sp³-hybridized carbons (Fsp3) is 0.182. The van der Waals surface area contributed by atoms with Crippen LogP contribution < -0.4 is 15.2 Å². The summed E-state index contributed by atoms with van der Waals surface area (Å²) in [6.07, 6.45) is 0.955. The molecular weight excluding hydrogens is 352 g/mol. The molecule has 28 heavy (non-hydrogen) atoms. The van der Waals surface area contributed by atoms with Crippen molar-refractivity contribution in [1.82, 2.24) is 10.2 Å². The van der Waals surface area contributed by atoms with E-state index in [9.17, 15) is 5.26 Å². The summed E-state index contributed by atoms with van der Waals surface area (Å²) in [6.45, 7) is 2.75. The van der Waals surface area contributed by atoms with Crippen LogP contribution in [0, 0.1) is 11.3 Å². The number of aromatic amines is 1. The third-order valence-corrected chi connectivity index (χ3v) is 4.69. The number of fused-ring (bicyclic) bond motifs is 1. The molecule has 1 aromatic heterocycles. The van der Waals surface area contributed by atoms with Gasteiger partial charge in [-0.15, -0.1) is 5.10 Å². The van der Waals surface area contributed by atoms with Gasteiger partial charge in [-0.05, 0) is 36.2 Å². The number of rotatable bonds is 5. The number of nitrogens with one attached hydrogen (secondary N) is 1. The van der Waals surface area contributed by atoms with Crippen LogP contribution in [0.2, 0.25) is 0 Å². The summed E-state index contributed by atoms with van der Waals surface area (Å²) < 4.78 is 11.3. The molecule has 2 heterocycles. The molecule has 6 nitrogen and oxygen atoms in total. The molecule has 1 atom stereocenters. The van der Waals surface area contributed by atoms with E-state index in [0.717, 1.165) is 34.6 Å². The number of hydrogen-bond acceptors (Lipinski definition) is 5. The first kappa shape index (κ1) is 17.7. The van der Waals surface area contributed by atoms with E-state index in [1.165, 1.54) is 0 Å². The lowest BCUT2D eigenvalue weighted by molar-refractivity contribution is 0.317. The summed E-state index contributed by atoms with van der Waals surface area (Å²) in [7, 11) is 0. The number of nitrogens with zero attached hydrogens (tertiary/aromatic N) is 2. The standard InChI is InChI=1S/C22H20N4O2/c1-2-12-27-16-10-8-15(9-11-16)20-19-18(14-6-4-3-5-7-14)17(13-23)21(24)28-22(19)26-25-20/h3-11,18H,2,12,24H2,1H3,(H,25,26). The third-order valence-electron chi connectivity index (χ3n) is 4.69. The lowest BCUT2D eigenvalue weighted by Gasteiger charge is -2.24. The molecule has 3 aromatic rings. The van der Waals surface area contributed by atoms with Crippen molar-refractivity contribution < 1.29 is 9.47 Å². The van der Waals surface area contributed by atoms with Gasteiger partial charge in [0.15, 0.2) is 0 Å². The molecule has 0 aliphatic carbocycles. The van der Waals surface area contributed by atoms with Crippen molar-refractivity contribution in [3.63, 3.8) is 0 Å². The van der Waals surface area contributed by atoms with Gasteiger partial charge in [-0.1, -0.05) is 37.3 Å². The average molecular weight is 372 g/mol. The molecule has 0 saturated carbocycles. The Bertz CT molecular complexity index is 1050. The lowest BCUT2D eigenvalue weighted by Crippen LogP contribution is -2.20. The number of ether oxygens (including phenoxy) is 2. The minimum absolute atomic E-state index is 0.0882. The van der Waals surface area contributed by atoms with Crippen LogP contribution in [0.4, 0.5) is 0 Å². The van der Waals surface area contributed by atoms with Crippen molar-refractivity contribution in [3.8, 4) is 29.0 Å². The maximum absolute atomic E-state index is 9.72. The topological polar surface area (TPSA) is 97.0 Å². The van der Waals surface area contributed by atoms with Crippen LogP contribution in [-0.2, 0) is 0 Å². The van der Waals surface area contributed by atoms with Crippen LogP contribution >= 0.6 is 0 Å². The van der Waals surface area contributed by atoms with Crippen LogP contribution in [0.1, 0.15) is 30.4 Å². The van der Waals surface area contributed by atoms with Gasteiger partial charge in [0.25, 0.3) is 0 Å². The van der Waals surface area contributed by atoms with E-state index in [4.69, 9.17) is 15.2 Å². The molecule has 4 rings (SSSR count). The van der Waals surface area contributed by atoms with Crippen molar-refractivity contribution >= 4 is 0 Å². The summed E-state index contributed by atoms with van der Waals surface area (Å²) in [5, 5.41) is 17.1. The van der Waals surface area contributed by atoms with Gasteiger partial charge in [0.1, 0.15) is 17.4 Å². The molecule has 0 fully saturated rings.